The van der Waals surface area contributed by atoms with Crippen LogP contribution in [0.1, 0.15) is 68.2 Å². The van der Waals surface area contributed by atoms with Crippen LogP contribution in [0.2, 0.25) is 0 Å². The third-order valence-electron chi connectivity index (χ3n) is 5.14. The van der Waals surface area contributed by atoms with Crippen LogP contribution in [0.15, 0.2) is 142 Å². The highest BCUT2D eigenvalue weighted by atomic mass is 16.4. The highest BCUT2D eigenvalue weighted by molar-refractivity contribution is 5.86. The van der Waals surface area contributed by atoms with Crippen molar-refractivity contribution in [2.24, 2.45) is 0 Å². The van der Waals surface area contributed by atoms with Crippen LogP contribution in [-0.2, 0) is 4.79 Å². The summed E-state index contributed by atoms with van der Waals surface area (Å²) in [5.74, 6) is -0.902. The Morgan fingerprint density at radius 2 is 0.919 bits per heavy atom. The summed E-state index contributed by atoms with van der Waals surface area (Å²) in [4.78, 5) is 10.8. The lowest BCUT2D eigenvalue weighted by atomic mass is 10.1. The summed E-state index contributed by atoms with van der Waals surface area (Å²) in [5, 5.41) is 8.84. The van der Waals surface area contributed by atoms with Crippen LogP contribution in [0.3, 0.4) is 0 Å². The maximum Gasteiger partial charge on any atom is 0.331 e. The van der Waals surface area contributed by atoms with E-state index in [-0.39, 0.29) is 0 Å². The number of allylic oxidation sites excluding steroid dienone is 23. The minimum Gasteiger partial charge on any atom is -0.478 e. The van der Waals surface area contributed by atoms with E-state index in [2.05, 4.69) is 96.2 Å². The average Bonchev–Trinajstić information content (AvgIpc) is 2.81. The lowest BCUT2D eigenvalue weighted by Crippen LogP contribution is -1.94. The number of carboxylic acids is 1. The van der Waals surface area contributed by atoms with Gasteiger partial charge in [-0.2, -0.15) is 0 Å². The van der Waals surface area contributed by atoms with Crippen molar-refractivity contribution in [2.45, 2.75) is 68.2 Å². The zero-order chi connectivity index (χ0) is 28.1. The maximum atomic E-state index is 10.8. The van der Waals surface area contributed by atoms with Crippen LogP contribution in [0.5, 0.6) is 0 Å². The lowest BCUT2D eigenvalue weighted by molar-refractivity contribution is -0.132. The van der Waals surface area contributed by atoms with Gasteiger partial charge in [0, 0.05) is 5.57 Å². The number of carboxylic acid groups (broad SMARTS) is 1. The van der Waals surface area contributed by atoms with Gasteiger partial charge in [-0.25, -0.2) is 4.79 Å². The number of aliphatic carboxylic acids is 1. The van der Waals surface area contributed by atoms with Crippen LogP contribution < -0.4 is 0 Å². The molecular formula is C35H46O2. The van der Waals surface area contributed by atoms with Gasteiger partial charge in [-0.05, 0) is 68.2 Å². The molecule has 0 bridgehead atoms. The highest BCUT2D eigenvalue weighted by Crippen LogP contribution is 2.08. The smallest absolute Gasteiger partial charge is 0.331 e. The predicted octanol–water partition coefficient (Wildman–Crippen LogP) is 10.3. The summed E-state index contributed by atoms with van der Waals surface area (Å²) >= 11 is 0. The molecule has 198 valence electrons. The van der Waals surface area contributed by atoms with Gasteiger partial charge in [-0.15, -0.1) is 0 Å². The zero-order valence-corrected chi connectivity index (χ0v) is 24.1. The molecule has 0 fully saturated rings. The fourth-order valence-corrected chi connectivity index (χ4v) is 2.79. The summed E-state index contributed by atoms with van der Waals surface area (Å²) in [6.45, 7) is 16.3. The average molecular weight is 499 g/mol. The first kappa shape index (κ1) is 33.4. The van der Waals surface area contributed by atoms with Gasteiger partial charge in [0.15, 0.2) is 0 Å². The van der Waals surface area contributed by atoms with Gasteiger partial charge in [0.2, 0.25) is 0 Å². The standard InChI is InChI=1S/C35H46O2/c1-28(2)16-11-19-31(5)22-14-24-32(6)23-12-20-29(3)17-9-10-18-30(4)21-13-25-33(7)26-15-27-34(8)35(36)37/h9-10,12-18,20-27H,11,19H2,1-8H3,(H,36,37)/b10-9+,20-12+,21-13+,24-14+,26-15+,29-17+,30-18+,31-22+,32-23+,33-25+,34-27+. The molecule has 0 atom stereocenters. The number of hydrogen-bond acceptors (Lipinski definition) is 1. The topological polar surface area (TPSA) is 37.3 Å². The molecule has 0 heterocycles. The fourth-order valence-electron chi connectivity index (χ4n) is 2.79. The Kier molecular flexibility index (Phi) is 18.5. The molecular weight excluding hydrogens is 452 g/mol. The molecule has 2 nitrogen and oxygen atoms in total. The molecule has 0 spiro atoms. The molecule has 2 heteroatoms. The Balaban J connectivity index is 4.73. The van der Waals surface area contributed by atoms with Crippen LogP contribution >= 0.6 is 0 Å². The second-order valence-electron chi connectivity index (χ2n) is 9.45. The normalized spacial score (nSPS) is 15.4. The van der Waals surface area contributed by atoms with Crippen LogP contribution in [-0.4, -0.2) is 11.1 Å². The van der Waals surface area contributed by atoms with Gasteiger partial charge in [0.05, 0.1) is 0 Å². The van der Waals surface area contributed by atoms with Crippen molar-refractivity contribution in [3.8, 4) is 0 Å². The van der Waals surface area contributed by atoms with E-state index in [9.17, 15) is 4.79 Å². The number of hydrogen-bond donors (Lipinski definition) is 1. The molecule has 0 amide bonds. The Morgan fingerprint density at radius 3 is 1.32 bits per heavy atom. The molecule has 0 saturated carbocycles. The first-order valence-electron chi connectivity index (χ1n) is 12.8. The number of carbonyl (C=O) groups is 1. The van der Waals surface area contributed by atoms with E-state index in [1.807, 2.05) is 43.4 Å². The van der Waals surface area contributed by atoms with Crippen LogP contribution in [0.4, 0.5) is 0 Å². The van der Waals surface area contributed by atoms with Crippen molar-refractivity contribution in [3.63, 3.8) is 0 Å². The molecule has 0 radical (unpaired) electrons. The Morgan fingerprint density at radius 1 is 0.541 bits per heavy atom. The summed E-state index contributed by atoms with van der Waals surface area (Å²) in [7, 11) is 0. The van der Waals surface area contributed by atoms with E-state index in [0.29, 0.717) is 5.57 Å². The molecule has 1 N–H and O–H groups in total. The van der Waals surface area contributed by atoms with Crippen molar-refractivity contribution in [1.29, 1.82) is 0 Å². The maximum absolute atomic E-state index is 10.8. The van der Waals surface area contributed by atoms with E-state index in [0.717, 1.165) is 24.0 Å². The quantitative estimate of drug-likeness (QED) is 0.147. The summed E-state index contributed by atoms with van der Waals surface area (Å²) in [6, 6.07) is 0. The fraction of sp³-hybridized carbons (Fsp3) is 0.286. The van der Waals surface area contributed by atoms with E-state index in [1.165, 1.54) is 22.3 Å². The van der Waals surface area contributed by atoms with Crippen molar-refractivity contribution in [2.75, 3.05) is 0 Å². The van der Waals surface area contributed by atoms with Gasteiger partial charge in [-0.1, -0.05) is 137 Å². The predicted molar refractivity (Wildman–Crippen MR) is 165 cm³/mol. The molecule has 0 aromatic rings. The first-order chi connectivity index (χ1) is 17.5. The van der Waals surface area contributed by atoms with E-state index < -0.39 is 5.97 Å². The van der Waals surface area contributed by atoms with Crippen LogP contribution in [0, 0.1) is 0 Å². The van der Waals surface area contributed by atoms with Gasteiger partial charge in [0.1, 0.15) is 0 Å². The van der Waals surface area contributed by atoms with Gasteiger partial charge in [0.25, 0.3) is 0 Å². The molecule has 37 heavy (non-hydrogen) atoms. The van der Waals surface area contributed by atoms with Crippen LogP contribution in [0.25, 0.3) is 0 Å². The summed E-state index contributed by atoms with van der Waals surface area (Å²) in [5.41, 5.74) is 7.66. The molecule has 0 aromatic carbocycles. The van der Waals surface area contributed by atoms with Crippen molar-refractivity contribution in [3.05, 3.63) is 142 Å². The van der Waals surface area contributed by atoms with Crippen molar-refractivity contribution < 1.29 is 9.90 Å². The zero-order valence-electron chi connectivity index (χ0n) is 24.1. The Labute approximate surface area is 226 Å². The highest BCUT2D eigenvalue weighted by Gasteiger charge is 1.95. The third kappa shape index (κ3) is 21.4. The molecule has 0 aromatic heterocycles. The van der Waals surface area contributed by atoms with Gasteiger partial charge in [-0.3, -0.25) is 0 Å². The molecule has 0 aliphatic heterocycles. The second kappa shape index (κ2) is 20.5. The lowest BCUT2D eigenvalue weighted by Gasteiger charge is -1.96. The van der Waals surface area contributed by atoms with Gasteiger partial charge < -0.3 is 5.11 Å². The number of rotatable bonds is 14. The second-order valence-corrected chi connectivity index (χ2v) is 9.45. The molecule has 0 aliphatic rings. The van der Waals surface area contributed by atoms with Gasteiger partial charge >= 0.3 is 5.97 Å². The molecule has 0 rings (SSSR count). The van der Waals surface area contributed by atoms with Crippen molar-refractivity contribution >= 4 is 5.97 Å². The third-order valence-corrected chi connectivity index (χ3v) is 5.14. The molecule has 0 unspecified atom stereocenters. The molecule has 0 aliphatic carbocycles. The van der Waals surface area contributed by atoms with E-state index in [1.54, 1.807) is 19.1 Å². The SMILES string of the molecule is CC(C)=CCC/C(C)=C/C=C/C(C)=C/C=C/C(C)=C/C=C/C=C(C)/C=C/C=C(C)/C=C/C=C(\C)C(=O)O. The van der Waals surface area contributed by atoms with Crippen molar-refractivity contribution in [1.82, 2.24) is 0 Å². The molecule has 0 saturated heterocycles. The largest absolute Gasteiger partial charge is 0.478 e. The Hall–Kier alpha value is -3.65. The van der Waals surface area contributed by atoms with E-state index >= 15 is 0 Å². The first-order valence-corrected chi connectivity index (χ1v) is 12.8. The minimum atomic E-state index is -0.902. The summed E-state index contributed by atoms with van der Waals surface area (Å²) in [6.07, 6.45) is 36.7. The minimum absolute atomic E-state index is 0.313. The monoisotopic (exact) mass is 498 g/mol. The summed E-state index contributed by atoms with van der Waals surface area (Å²) < 4.78 is 0. The van der Waals surface area contributed by atoms with E-state index in [4.69, 9.17) is 5.11 Å². The Bertz CT molecular complexity index is 1090.